The fourth-order valence-electron chi connectivity index (χ4n) is 2.76. The van der Waals surface area contributed by atoms with E-state index >= 15 is 0 Å². The van der Waals surface area contributed by atoms with Crippen LogP contribution in [0.15, 0.2) is 76.5 Å². The van der Waals surface area contributed by atoms with E-state index in [1.165, 1.54) is 0 Å². The molecule has 0 atom stereocenters. The Labute approximate surface area is 185 Å². The minimum absolute atomic E-state index is 0.132. The summed E-state index contributed by atoms with van der Waals surface area (Å²) < 4.78 is 5.76. The third-order valence-electron chi connectivity index (χ3n) is 4.19. The molecule has 150 valence electrons. The van der Waals surface area contributed by atoms with Gasteiger partial charge in [0.25, 0.3) is 5.91 Å². The molecule has 0 spiro atoms. The SMILES string of the molecule is CCOc1ccc(C(=O)Nc2ccccc2SC)cc1CSc1ccc(Cl)cc1. The lowest BCUT2D eigenvalue weighted by molar-refractivity contribution is 0.102. The van der Waals surface area contributed by atoms with Crippen molar-refractivity contribution in [2.24, 2.45) is 0 Å². The van der Waals surface area contributed by atoms with Crippen LogP contribution in [0.1, 0.15) is 22.8 Å². The Morgan fingerprint density at radius 3 is 2.55 bits per heavy atom. The molecule has 1 amide bonds. The van der Waals surface area contributed by atoms with Crippen LogP contribution in [-0.2, 0) is 5.75 Å². The summed E-state index contributed by atoms with van der Waals surface area (Å²) in [6.07, 6.45) is 1.99. The number of nitrogens with one attached hydrogen (secondary N) is 1. The quantitative estimate of drug-likeness (QED) is 0.380. The molecule has 0 aliphatic rings. The van der Waals surface area contributed by atoms with Gasteiger partial charge in [0.05, 0.1) is 12.3 Å². The highest BCUT2D eigenvalue weighted by Gasteiger charge is 2.13. The maximum atomic E-state index is 12.8. The van der Waals surface area contributed by atoms with Gasteiger partial charge >= 0.3 is 0 Å². The van der Waals surface area contributed by atoms with Gasteiger partial charge < -0.3 is 10.1 Å². The molecule has 0 radical (unpaired) electrons. The summed E-state index contributed by atoms with van der Waals surface area (Å²) in [4.78, 5) is 15.0. The Balaban J connectivity index is 1.79. The second-order valence-corrected chi connectivity index (χ2v) is 8.49. The molecular weight excluding hydrogens is 422 g/mol. The van der Waals surface area contributed by atoms with Crippen molar-refractivity contribution >= 4 is 46.7 Å². The van der Waals surface area contributed by atoms with Crippen LogP contribution in [0.2, 0.25) is 5.02 Å². The van der Waals surface area contributed by atoms with Gasteiger partial charge in [-0.15, -0.1) is 23.5 Å². The molecule has 0 unspecified atom stereocenters. The van der Waals surface area contributed by atoms with E-state index in [1.54, 1.807) is 29.6 Å². The van der Waals surface area contributed by atoms with E-state index in [0.717, 1.165) is 26.8 Å². The zero-order chi connectivity index (χ0) is 20.6. The molecule has 0 saturated heterocycles. The van der Waals surface area contributed by atoms with Crippen LogP contribution in [0, 0.1) is 0 Å². The summed E-state index contributed by atoms with van der Waals surface area (Å²) in [5.74, 6) is 1.36. The highest BCUT2D eigenvalue weighted by molar-refractivity contribution is 7.98. The summed E-state index contributed by atoms with van der Waals surface area (Å²) in [5.41, 5.74) is 2.41. The summed E-state index contributed by atoms with van der Waals surface area (Å²) in [6.45, 7) is 2.53. The predicted octanol–water partition coefficient (Wildman–Crippen LogP) is 7.01. The number of hydrogen-bond donors (Lipinski definition) is 1. The normalized spacial score (nSPS) is 10.6. The third-order valence-corrected chi connectivity index (χ3v) is 6.29. The molecule has 3 aromatic carbocycles. The molecule has 0 fully saturated rings. The fraction of sp³-hybridized carbons (Fsp3) is 0.174. The smallest absolute Gasteiger partial charge is 0.255 e. The van der Waals surface area contributed by atoms with Gasteiger partial charge in [-0.05, 0) is 67.8 Å². The third kappa shape index (κ3) is 5.95. The molecule has 0 aliphatic carbocycles. The van der Waals surface area contributed by atoms with E-state index in [1.807, 2.05) is 73.8 Å². The first-order valence-electron chi connectivity index (χ1n) is 9.19. The number of halogens is 1. The van der Waals surface area contributed by atoms with E-state index in [2.05, 4.69) is 5.32 Å². The summed E-state index contributed by atoms with van der Waals surface area (Å²) in [7, 11) is 0. The molecular formula is C23H22ClNO2S2. The van der Waals surface area contributed by atoms with Gasteiger partial charge in [-0.3, -0.25) is 4.79 Å². The highest BCUT2D eigenvalue weighted by Crippen LogP contribution is 2.30. The fourth-order valence-corrected chi connectivity index (χ4v) is 4.32. The van der Waals surface area contributed by atoms with Crippen molar-refractivity contribution in [3.05, 3.63) is 82.9 Å². The molecule has 0 bridgehead atoms. The topological polar surface area (TPSA) is 38.3 Å². The first-order chi connectivity index (χ1) is 14.1. The van der Waals surface area contributed by atoms with Crippen LogP contribution in [0.3, 0.4) is 0 Å². The van der Waals surface area contributed by atoms with E-state index < -0.39 is 0 Å². The van der Waals surface area contributed by atoms with E-state index in [9.17, 15) is 4.79 Å². The number of anilines is 1. The minimum Gasteiger partial charge on any atom is -0.494 e. The number of thioether (sulfide) groups is 2. The lowest BCUT2D eigenvalue weighted by atomic mass is 10.1. The zero-order valence-corrected chi connectivity index (χ0v) is 18.7. The number of benzene rings is 3. The lowest BCUT2D eigenvalue weighted by Crippen LogP contribution is -2.13. The van der Waals surface area contributed by atoms with Crippen molar-refractivity contribution in [2.45, 2.75) is 22.5 Å². The van der Waals surface area contributed by atoms with Gasteiger partial charge in [-0.2, -0.15) is 0 Å². The van der Waals surface area contributed by atoms with Gasteiger partial charge in [0.15, 0.2) is 0 Å². The molecule has 3 aromatic rings. The van der Waals surface area contributed by atoms with Gasteiger partial charge in [-0.1, -0.05) is 23.7 Å². The number of amides is 1. The van der Waals surface area contributed by atoms with Gasteiger partial charge in [0.1, 0.15) is 5.75 Å². The van der Waals surface area contributed by atoms with Crippen LogP contribution in [-0.4, -0.2) is 18.8 Å². The summed E-state index contributed by atoms with van der Waals surface area (Å²) >= 11 is 9.25. The Hall–Kier alpha value is -2.08. The van der Waals surface area contributed by atoms with E-state index in [-0.39, 0.29) is 5.91 Å². The number of ether oxygens (including phenoxy) is 1. The van der Waals surface area contributed by atoms with Crippen LogP contribution in [0.4, 0.5) is 5.69 Å². The minimum atomic E-state index is -0.132. The zero-order valence-electron chi connectivity index (χ0n) is 16.3. The van der Waals surface area contributed by atoms with Crippen molar-refractivity contribution in [1.29, 1.82) is 0 Å². The molecule has 6 heteroatoms. The molecule has 29 heavy (non-hydrogen) atoms. The predicted molar refractivity (Wildman–Crippen MR) is 125 cm³/mol. The van der Waals surface area contributed by atoms with E-state index in [0.29, 0.717) is 22.9 Å². The second-order valence-electron chi connectivity index (χ2n) is 6.15. The Bertz CT molecular complexity index is 977. The van der Waals surface area contributed by atoms with Crippen molar-refractivity contribution < 1.29 is 9.53 Å². The summed E-state index contributed by atoms with van der Waals surface area (Å²) in [5, 5.41) is 3.73. The Morgan fingerprint density at radius 1 is 1.07 bits per heavy atom. The highest BCUT2D eigenvalue weighted by atomic mass is 35.5. The lowest BCUT2D eigenvalue weighted by Gasteiger charge is -2.13. The van der Waals surface area contributed by atoms with Crippen molar-refractivity contribution in [3.63, 3.8) is 0 Å². The number of rotatable bonds is 8. The molecule has 1 N–H and O–H groups in total. The maximum Gasteiger partial charge on any atom is 0.255 e. The van der Waals surface area contributed by atoms with Crippen molar-refractivity contribution in [2.75, 3.05) is 18.2 Å². The first-order valence-corrected chi connectivity index (χ1v) is 11.8. The van der Waals surface area contributed by atoms with Gasteiger partial charge in [0.2, 0.25) is 0 Å². The second kappa shape index (κ2) is 10.6. The Morgan fingerprint density at radius 2 is 1.83 bits per heavy atom. The standard InChI is InChI=1S/C23H22ClNO2S2/c1-3-27-21-13-8-16(23(26)25-20-6-4-5-7-22(20)28-2)14-17(21)15-29-19-11-9-18(24)10-12-19/h4-14H,3,15H2,1-2H3,(H,25,26). The molecule has 3 nitrogen and oxygen atoms in total. The number of carbonyl (C=O) groups excluding carboxylic acids is 1. The number of para-hydroxylation sites is 1. The van der Waals surface area contributed by atoms with Crippen molar-refractivity contribution in [1.82, 2.24) is 0 Å². The molecule has 3 rings (SSSR count). The maximum absolute atomic E-state index is 12.8. The summed E-state index contributed by atoms with van der Waals surface area (Å²) in [6, 6.07) is 21.1. The molecule has 0 saturated carbocycles. The average molecular weight is 444 g/mol. The molecule has 0 aromatic heterocycles. The van der Waals surface area contributed by atoms with Crippen LogP contribution in [0.5, 0.6) is 5.75 Å². The van der Waals surface area contributed by atoms with Crippen molar-refractivity contribution in [3.8, 4) is 5.75 Å². The van der Waals surface area contributed by atoms with Crippen LogP contribution in [0.25, 0.3) is 0 Å². The van der Waals surface area contributed by atoms with Gasteiger partial charge in [0, 0.05) is 31.7 Å². The van der Waals surface area contributed by atoms with Crippen LogP contribution >= 0.6 is 35.1 Å². The van der Waals surface area contributed by atoms with Crippen LogP contribution < -0.4 is 10.1 Å². The van der Waals surface area contributed by atoms with E-state index in [4.69, 9.17) is 16.3 Å². The van der Waals surface area contributed by atoms with Gasteiger partial charge in [-0.25, -0.2) is 0 Å². The molecule has 0 heterocycles. The first kappa shape index (κ1) is 21.6. The average Bonchev–Trinajstić information content (AvgIpc) is 2.74. The largest absolute Gasteiger partial charge is 0.494 e. The number of carbonyl (C=O) groups is 1. The Kier molecular flexibility index (Phi) is 7.92. The number of hydrogen-bond acceptors (Lipinski definition) is 4. The molecule has 0 aliphatic heterocycles. The monoisotopic (exact) mass is 443 g/mol.